The van der Waals surface area contributed by atoms with Gasteiger partial charge in [0.1, 0.15) is 0 Å². The van der Waals surface area contributed by atoms with Gasteiger partial charge in [-0.25, -0.2) is 0 Å². The van der Waals surface area contributed by atoms with E-state index in [1.807, 2.05) is 54.6 Å². The van der Waals surface area contributed by atoms with Crippen LogP contribution in [-0.4, -0.2) is 10.8 Å². The number of carbonyl (C=O) groups is 1. The summed E-state index contributed by atoms with van der Waals surface area (Å²) in [7, 11) is 0. The third kappa shape index (κ3) is 2.29. The Morgan fingerprint density at radius 2 is 1.74 bits per heavy atom. The van der Waals surface area contributed by atoms with E-state index < -0.39 is 0 Å². The first-order valence-corrected chi connectivity index (χ1v) is 6.64. The first-order valence-electron chi connectivity index (χ1n) is 6.24. The molecule has 0 aromatic heterocycles. The van der Waals surface area contributed by atoms with Crippen molar-refractivity contribution in [3.63, 3.8) is 0 Å². The Hall–Kier alpha value is -2.00. The van der Waals surface area contributed by atoms with Crippen molar-refractivity contribution < 1.29 is 4.79 Å². The molecule has 3 rings (SSSR count). The van der Waals surface area contributed by atoms with Gasteiger partial charge in [-0.15, -0.1) is 0 Å². The lowest BCUT2D eigenvalue weighted by molar-refractivity contribution is 0.0969. The van der Waals surface area contributed by atoms with E-state index in [0.717, 1.165) is 16.8 Å². The molecule has 0 bridgehead atoms. The average molecular weight is 267 g/mol. The molecule has 2 aromatic carbocycles. The van der Waals surface area contributed by atoms with Gasteiger partial charge >= 0.3 is 0 Å². The van der Waals surface area contributed by atoms with Gasteiger partial charge in [-0.1, -0.05) is 54.7 Å². The van der Waals surface area contributed by atoms with Gasteiger partial charge in [0.2, 0.25) is 0 Å². The fourth-order valence-electron chi connectivity index (χ4n) is 2.40. The zero-order valence-electron chi connectivity index (χ0n) is 10.3. The summed E-state index contributed by atoms with van der Waals surface area (Å²) in [6, 6.07) is 17.4. The third-order valence-corrected chi connectivity index (χ3v) is 3.77. The number of carbonyl (C=O) groups excluding carboxylic acids is 1. The highest BCUT2D eigenvalue weighted by molar-refractivity contribution is 7.80. The minimum absolute atomic E-state index is 0.129. The molecule has 94 valence electrons. The highest BCUT2D eigenvalue weighted by atomic mass is 32.1. The third-order valence-electron chi connectivity index (χ3n) is 3.38. The predicted molar refractivity (Wildman–Crippen MR) is 80.6 cm³/mol. The molecular formula is C16H13NOS. The van der Waals surface area contributed by atoms with Gasteiger partial charge in [-0.3, -0.25) is 4.79 Å². The Morgan fingerprint density at radius 3 is 2.47 bits per heavy atom. The smallest absolute Gasteiger partial charge is 0.173 e. The van der Waals surface area contributed by atoms with E-state index in [9.17, 15) is 4.79 Å². The molecule has 0 saturated heterocycles. The van der Waals surface area contributed by atoms with Gasteiger partial charge in [-0.05, 0) is 24.1 Å². The molecule has 0 amide bonds. The number of thiocarbonyl (C=S) groups is 1. The van der Waals surface area contributed by atoms with Gasteiger partial charge < -0.3 is 5.32 Å². The second-order valence-electron chi connectivity index (χ2n) is 4.63. The second kappa shape index (κ2) is 4.94. The summed E-state index contributed by atoms with van der Waals surface area (Å²) < 4.78 is 0. The maximum absolute atomic E-state index is 12.3. The van der Waals surface area contributed by atoms with Crippen LogP contribution in [0.1, 0.15) is 15.9 Å². The maximum Gasteiger partial charge on any atom is 0.173 e. The van der Waals surface area contributed by atoms with Gasteiger partial charge in [-0.2, -0.15) is 0 Å². The molecule has 2 nitrogen and oxygen atoms in total. The zero-order chi connectivity index (χ0) is 13.2. The highest BCUT2D eigenvalue weighted by Gasteiger charge is 2.33. The number of anilines is 1. The highest BCUT2D eigenvalue weighted by Crippen LogP contribution is 2.28. The van der Waals surface area contributed by atoms with Crippen LogP contribution >= 0.6 is 12.2 Å². The largest absolute Gasteiger partial charge is 0.349 e. The van der Waals surface area contributed by atoms with Crippen LogP contribution in [0.2, 0.25) is 0 Å². The second-order valence-corrected chi connectivity index (χ2v) is 5.07. The van der Waals surface area contributed by atoms with Crippen LogP contribution in [0.4, 0.5) is 5.69 Å². The number of hydrogen-bond acceptors (Lipinski definition) is 2. The number of ketones is 1. The van der Waals surface area contributed by atoms with Crippen LogP contribution in [0.5, 0.6) is 0 Å². The number of Topliss-reactive ketones (excluding diaryl/α,β-unsaturated/α-hetero) is 1. The molecule has 0 spiro atoms. The molecule has 1 N–H and O–H groups in total. The van der Waals surface area contributed by atoms with E-state index >= 15 is 0 Å². The van der Waals surface area contributed by atoms with Crippen molar-refractivity contribution >= 4 is 28.7 Å². The van der Waals surface area contributed by atoms with Crippen LogP contribution in [0.3, 0.4) is 0 Å². The number of benzene rings is 2. The predicted octanol–water partition coefficient (Wildman–Crippen LogP) is 3.48. The Balaban J connectivity index is 1.79. The summed E-state index contributed by atoms with van der Waals surface area (Å²) in [6.07, 6.45) is 0.702. The molecule has 0 radical (unpaired) electrons. The summed E-state index contributed by atoms with van der Waals surface area (Å²) in [6.45, 7) is 0. The van der Waals surface area contributed by atoms with Crippen molar-refractivity contribution in [3.05, 3.63) is 65.7 Å². The molecule has 19 heavy (non-hydrogen) atoms. The molecular weight excluding hydrogens is 254 g/mol. The molecule has 2 aromatic rings. The summed E-state index contributed by atoms with van der Waals surface area (Å²) in [5, 5.41) is 3.16. The van der Waals surface area contributed by atoms with Crippen LogP contribution in [-0.2, 0) is 6.42 Å². The molecule has 3 heteroatoms. The van der Waals surface area contributed by atoms with Gasteiger partial charge in [0.25, 0.3) is 0 Å². The minimum atomic E-state index is -0.229. The Morgan fingerprint density at radius 1 is 1.05 bits per heavy atom. The first kappa shape index (κ1) is 12.1. The SMILES string of the molecule is O=C1c2ccccc2C[C@@H]1C(=S)Nc1ccccc1. The molecule has 1 aliphatic rings. The number of rotatable bonds is 2. The Labute approximate surface area is 117 Å². The van der Waals surface area contributed by atoms with Crippen LogP contribution in [0.15, 0.2) is 54.6 Å². The lowest BCUT2D eigenvalue weighted by Crippen LogP contribution is -2.25. The lowest BCUT2D eigenvalue weighted by Gasteiger charge is -2.12. The number of fused-ring (bicyclic) bond motifs is 1. The van der Waals surface area contributed by atoms with Crippen molar-refractivity contribution in [1.29, 1.82) is 0 Å². The van der Waals surface area contributed by atoms with E-state index in [1.165, 1.54) is 0 Å². The Kier molecular flexibility index (Phi) is 3.13. The van der Waals surface area contributed by atoms with Gasteiger partial charge in [0, 0.05) is 11.3 Å². The van der Waals surface area contributed by atoms with E-state index in [2.05, 4.69) is 5.32 Å². The lowest BCUT2D eigenvalue weighted by atomic mass is 10.1. The van der Waals surface area contributed by atoms with Crippen molar-refractivity contribution in [3.8, 4) is 0 Å². The number of hydrogen-bond donors (Lipinski definition) is 1. The van der Waals surface area contributed by atoms with E-state index in [0.29, 0.717) is 11.4 Å². The fourth-order valence-corrected chi connectivity index (χ4v) is 2.71. The molecule has 0 saturated carbocycles. The van der Waals surface area contributed by atoms with Gasteiger partial charge in [0.15, 0.2) is 5.78 Å². The summed E-state index contributed by atoms with van der Waals surface area (Å²) in [5.74, 6) is -0.100. The minimum Gasteiger partial charge on any atom is -0.349 e. The van der Waals surface area contributed by atoms with E-state index in [-0.39, 0.29) is 11.7 Å². The van der Waals surface area contributed by atoms with E-state index in [1.54, 1.807) is 0 Å². The molecule has 0 fully saturated rings. The molecule has 1 aliphatic carbocycles. The van der Waals surface area contributed by atoms with Crippen LogP contribution < -0.4 is 5.32 Å². The fraction of sp³-hybridized carbons (Fsp3) is 0.125. The normalized spacial score (nSPS) is 17.1. The van der Waals surface area contributed by atoms with Crippen molar-refractivity contribution in [2.45, 2.75) is 6.42 Å². The van der Waals surface area contributed by atoms with Crippen molar-refractivity contribution in [2.75, 3.05) is 5.32 Å². The van der Waals surface area contributed by atoms with Crippen LogP contribution in [0.25, 0.3) is 0 Å². The standard InChI is InChI=1S/C16H13NOS/c18-15-13-9-5-4-6-11(13)10-14(15)16(19)17-12-7-2-1-3-8-12/h1-9,14H,10H2,(H,17,19)/t14-/m0/s1. The number of nitrogens with one attached hydrogen (secondary N) is 1. The molecule has 0 unspecified atom stereocenters. The summed E-state index contributed by atoms with van der Waals surface area (Å²) in [5.41, 5.74) is 2.83. The first-order chi connectivity index (χ1) is 9.25. The average Bonchev–Trinajstić information content (AvgIpc) is 2.78. The quantitative estimate of drug-likeness (QED) is 0.845. The summed E-state index contributed by atoms with van der Waals surface area (Å²) >= 11 is 5.39. The Bertz CT molecular complexity index is 636. The zero-order valence-corrected chi connectivity index (χ0v) is 11.1. The summed E-state index contributed by atoms with van der Waals surface area (Å²) in [4.78, 5) is 12.9. The maximum atomic E-state index is 12.3. The van der Waals surface area contributed by atoms with Gasteiger partial charge in [0.05, 0.1) is 10.9 Å². The molecule has 0 heterocycles. The van der Waals surface area contributed by atoms with E-state index in [4.69, 9.17) is 12.2 Å². The molecule has 0 aliphatic heterocycles. The number of para-hydroxylation sites is 1. The van der Waals surface area contributed by atoms with Crippen molar-refractivity contribution in [2.24, 2.45) is 5.92 Å². The van der Waals surface area contributed by atoms with Crippen molar-refractivity contribution in [1.82, 2.24) is 0 Å². The van der Waals surface area contributed by atoms with Crippen LogP contribution in [0, 0.1) is 5.92 Å². The molecule has 1 atom stereocenters. The monoisotopic (exact) mass is 267 g/mol. The topological polar surface area (TPSA) is 29.1 Å².